The van der Waals surface area contributed by atoms with Gasteiger partial charge in [0.2, 0.25) is 0 Å². The Morgan fingerprint density at radius 3 is 2.62 bits per heavy atom. The summed E-state index contributed by atoms with van der Waals surface area (Å²) in [6.45, 7) is 4.63. The number of aliphatic hydroxyl groups is 1. The van der Waals surface area contributed by atoms with Crippen LogP contribution in [-0.2, 0) is 6.54 Å². The van der Waals surface area contributed by atoms with Gasteiger partial charge < -0.3 is 10.4 Å². The Labute approximate surface area is 130 Å². The van der Waals surface area contributed by atoms with Crippen LogP contribution in [-0.4, -0.2) is 39.3 Å². The molecule has 0 radical (unpaired) electrons. The fraction of sp³-hybridized carbons (Fsp3) is 0.733. The lowest BCUT2D eigenvalue weighted by molar-refractivity contribution is 0.0912. The van der Waals surface area contributed by atoms with Crippen LogP contribution in [0.15, 0.2) is 0 Å². The zero-order chi connectivity index (χ0) is 15.4. The van der Waals surface area contributed by atoms with Crippen molar-refractivity contribution in [3.63, 3.8) is 0 Å². The Morgan fingerprint density at radius 2 is 2.05 bits per heavy atom. The zero-order valence-corrected chi connectivity index (χ0v) is 13.5. The van der Waals surface area contributed by atoms with Crippen LogP contribution < -0.4 is 5.32 Å². The number of carbonyl (C=O) groups is 1. The van der Waals surface area contributed by atoms with Crippen LogP contribution in [0.1, 0.15) is 47.4 Å². The van der Waals surface area contributed by atoms with Crippen LogP contribution in [0, 0.1) is 19.8 Å². The lowest BCUT2D eigenvalue weighted by atomic mass is 9.86. The van der Waals surface area contributed by atoms with Gasteiger partial charge in [0.1, 0.15) is 0 Å². The molecule has 0 atom stereocenters. The van der Waals surface area contributed by atoms with E-state index in [9.17, 15) is 4.79 Å². The first kappa shape index (κ1) is 16.3. The molecular weight excluding hydrogens is 290 g/mol. The molecule has 1 aromatic rings. The van der Waals surface area contributed by atoms with Gasteiger partial charge in [-0.1, -0.05) is 0 Å². The van der Waals surface area contributed by atoms with Gasteiger partial charge in [-0.25, -0.2) is 0 Å². The lowest BCUT2D eigenvalue weighted by Crippen LogP contribution is -2.38. The number of nitrogens with zero attached hydrogens (tertiary/aromatic N) is 2. The monoisotopic (exact) mass is 313 g/mol. The molecule has 1 aliphatic rings. The topological polar surface area (TPSA) is 67.2 Å². The molecule has 5 nitrogen and oxygen atoms in total. The van der Waals surface area contributed by atoms with Crippen molar-refractivity contribution in [1.29, 1.82) is 0 Å². The van der Waals surface area contributed by atoms with E-state index in [0.717, 1.165) is 37.1 Å². The van der Waals surface area contributed by atoms with Crippen LogP contribution in [0.5, 0.6) is 0 Å². The molecule has 0 unspecified atom stereocenters. The van der Waals surface area contributed by atoms with Crippen molar-refractivity contribution < 1.29 is 9.90 Å². The normalized spacial score (nSPS) is 22.3. The number of rotatable bonds is 5. The van der Waals surface area contributed by atoms with Crippen molar-refractivity contribution in [1.82, 2.24) is 15.1 Å². The Bertz CT molecular complexity index is 493. The third kappa shape index (κ3) is 3.77. The van der Waals surface area contributed by atoms with Crippen molar-refractivity contribution in [3.05, 3.63) is 17.0 Å². The van der Waals surface area contributed by atoms with Gasteiger partial charge in [0.05, 0.1) is 17.8 Å². The van der Waals surface area contributed by atoms with Gasteiger partial charge in [-0.05, 0) is 45.4 Å². The number of hydrogen-bond donors (Lipinski definition) is 2. The van der Waals surface area contributed by atoms with E-state index in [1.54, 1.807) is 4.68 Å². The first-order valence-corrected chi connectivity index (χ1v) is 8.12. The number of amides is 1. The quantitative estimate of drug-likeness (QED) is 0.817. The molecule has 118 valence electrons. The fourth-order valence-corrected chi connectivity index (χ4v) is 3.23. The van der Waals surface area contributed by atoms with E-state index in [1.807, 2.05) is 13.8 Å². The van der Waals surface area contributed by atoms with Crippen LogP contribution >= 0.6 is 11.6 Å². The number of hydrogen-bond acceptors (Lipinski definition) is 3. The van der Waals surface area contributed by atoms with Crippen LogP contribution in [0.3, 0.4) is 0 Å². The molecule has 6 heteroatoms. The highest BCUT2D eigenvalue weighted by atomic mass is 35.5. The fourth-order valence-electron chi connectivity index (χ4n) is 3.07. The minimum absolute atomic E-state index is 0.0433. The van der Waals surface area contributed by atoms with Gasteiger partial charge >= 0.3 is 0 Å². The van der Waals surface area contributed by atoms with Crippen molar-refractivity contribution in [3.8, 4) is 0 Å². The van der Waals surface area contributed by atoms with E-state index >= 15 is 0 Å². The van der Waals surface area contributed by atoms with Gasteiger partial charge in [-0.2, -0.15) is 5.10 Å². The molecule has 1 fully saturated rings. The molecular formula is C15H24ClN3O2. The van der Waals surface area contributed by atoms with E-state index in [0.29, 0.717) is 23.9 Å². The Balaban J connectivity index is 2.01. The van der Waals surface area contributed by atoms with E-state index in [1.165, 1.54) is 0 Å². The molecule has 1 amide bonds. The zero-order valence-electron chi connectivity index (χ0n) is 12.7. The predicted molar refractivity (Wildman–Crippen MR) is 82.7 cm³/mol. The summed E-state index contributed by atoms with van der Waals surface area (Å²) in [5, 5.41) is 16.6. The highest BCUT2D eigenvalue weighted by Gasteiger charge is 2.25. The summed E-state index contributed by atoms with van der Waals surface area (Å²) >= 11 is 5.75. The number of alkyl halides is 1. The van der Waals surface area contributed by atoms with Crippen LogP contribution in [0.25, 0.3) is 0 Å². The average molecular weight is 314 g/mol. The summed E-state index contributed by atoms with van der Waals surface area (Å²) in [6.07, 6.45) is 3.82. The lowest BCUT2D eigenvalue weighted by Gasteiger charge is -2.28. The number of nitrogens with one attached hydrogen (secondary N) is 1. The molecule has 1 aliphatic carbocycles. The van der Waals surface area contributed by atoms with Gasteiger partial charge in [-0.3, -0.25) is 9.48 Å². The molecule has 1 aromatic heterocycles. The predicted octanol–water partition coefficient (Wildman–Crippen LogP) is 2.02. The van der Waals surface area contributed by atoms with Crippen LogP contribution in [0.2, 0.25) is 0 Å². The van der Waals surface area contributed by atoms with Gasteiger partial charge in [0.15, 0.2) is 0 Å². The number of aryl methyl sites for hydroxylation is 2. The first-order chi connectivity index (χ1) is 10.1. The molecule has 0 saturated heterocycles. The number of aromatic nitrogens is 2. The Kier molecular flexibility index (Phi) is 5.65. The Morgan fingerprint density at radius 1 is 1.38 bits per heavy atom. The highest BCUT2D eigenvalue weighted by molar-refractivity contribution is 6.17. The molecule has 0 aromatic carbocycles. The molecule has 0 spiro atoms. The molecule has 21 heavy (non-hydrogen) atoms. The van der Waals surface area contributed by atoms with Gasteiger partial charge in [0, 0.05) is 24.2 Å². The van der Waals surface area contributed by atoms with Gasteiger partial charge in [-0.15, -0.1) is 11.6 Å². The van der Waals surface area contributed by atoms with Crippen molar-refractivity contribution >= 4 is 17.5 Å². The average Bonchev–Trinajstić information content (AvgIpc) is 2.75. The molecule has 2 rings (SSSR count). The minimum atomic E-state index is -0.0433. The maximum Gasteiger partial charge on any atom is 0.255 e. The van der Waals surface area contributed by atoms with E-state index < -0.39 is 0 Å². The third-order valence-electron chi connectivity index (χ3n) is 4.35. The SMILES string of the molecule is Cc1nn(CCCl)c(C)c1C(=O)NC1CCC(CO)CC1. The van der Waals surface area contributed by atoms with Crippen LogP contribution in [0.4, 0.5) is 0 Å². The summed E-state index contributed by atoms with van der Waals surface area (Å²) in [5.74, 6) is 0.833. The Hall–Kier alpha value is -1.07. The van der Waals surface area contributed by atoms with Crippen molar-refractivity contribution in [2.24, 2.45) is 5.92 Å². The second-order valence-electron chi connectivity index (χ2n) is 5.83. The highest BCUT2D eigenvalue weighted by Crippen LogP contribution is 2.24. The minimum Gasteiger partial charge on any atom is -0.396 e. The van der Waals surface area contributed by atoms with Gasteiger partial charge in [0.25, 0.3) is 5.91 Å². The summed E-state index contributed by atoms with van der Waals surface area (Å²) in [5.41, 5.74) is 2.29. The summed E-state index contributed by atoms with van der Waals surface area (Å²) in [4.78, 5) is 12.5. The molecule has 2 N–H and O–H groups in total. The number of carbonyl (C=O) groups excluding carboxylic acids is 1. The molecule has 1 heterocycles. The summed E-state index contributed by atoms with van der Waals surface area (Å²) in [6, 6.07) is 0.204. The standard InChI is InChI=1S/C15H24ClN3O2/c1-10-14(11(2)19(18-10)8-7-16)15(21)17-13-5-3-12(9-20)4-6-13/h12-13,20H,3-9H2,1-2H3,(H,17,21). The number of halogens is 1. The van der Waals surface area contributed by atoms with Crippen molar-refractivity contribution in [2.75, 3.05) is 12.5 Å². The maximum atomic E-state index is 12.5. The molecule has 1 saturated carbocycles. The van der Waals surface area contributed by atoms with E-state index in [2.05, 4.69) is 10.4 Å². The maximum absolute atomic E-state index is 12.5. The first-order valence-electron chi connectivity index (χ1n) is 7.58. The molecule has 0 aliphatic heterocycles. The third-order valence-corrected chi connectivity index (χ3v) is 4.51. The smallest absolute Gasteiger partial charge is 0.255 e. The summed E-state index contributed by atoms with van der Waals surface area (Å²) in [7, 11) is 0. The molecule has 0 bridgehead atoms. The number of aliphatic hydroxyl groups excluding tert-OH is 1. The second-order valence-corrected chi connectivity index (χ2v) is 6.21. The second kappa shape index (κ2) is 7.27. The largest absolute Gasteiger partial charge is 0.396 e. The van der Waals surface area contributed by atoms with Crippen molar-refractivity contribution in [2.45, 2.75) is 52.1 Å². The van der Waals surface area contributed by atoms with E-state index in [4.69, 9.17) is 16.7 Å². The summed E-state index contributed by atoms with van der Waals surface area (Å²) < 4.78 is 1.79. The van der Waals surface area contributed by atoms with E-state index in [-0.39, 0.29) is 18.6 Å².